The molecule has 0 aliphatic carbocycles. The fraction of sp³-hybridized carbons (Fsp3) is 0.318. The zero-order valence-corrected chi connectivity index (χ0v) is 16.4. The maximum absolute atomic E-state index is 12.2. The molecule has 0 atom stereocenters. The van der Waals surface area contributed by atoms with Gasteiger partial charge >= 0.3 is 0 Å². The van der Waals surface area contributed by atoms with Crippen molar-refractivity contribution < 1.29 is 4.74 Å². The van der Waals surface area contributed by atoms with Crippen LogP contribution in [0, 0.1) is 0 Å². The van der Waals surface area contributed by atoms with Gasteiger partial charge in [0.2, 0.25) is 0 Å². The van der Waals surface area contributed by atoms with Crippen LogP contribution in [0.2, 0.25) is 0 Å². The Morgan fingerprint density at radius 1 is 0.966 bits per heavy atom. The van der Waals surface area contributed by atoms with E-state index in [0.717, 1.165) is 36.6 Å². The fourth-order valence-electron chi connectivity index (χ4n) is 3.67. The first-order chi connectivity index (χ1) is 14.2. The molecule has 3 aromatic rings. The van der Waals surface area contributed by atoms with Crippen LogP contribution in [-0.2, 0) is 6.42 Å². The average Bonchev–Trinajstić information content (AvgIpc) is 2.79. The molecule has 0 bridgehead atoms. The van der Waals surface area contributed by atoms with E-state index < -0.39 is 5.43 Å². The normalized spacial score (nSPS) is 14.2. The van der Waals surface area contributed by atoms with Crippen molar-refractivity contribution in [2.24, 2.45) is 0 Å². The number of aromatic nitrogens is 1. The molecule has 0 radical (unpaired) electrons. The van der Waals surface area contributed by atoms with Crippen molar-refractivity contribution in [2.75, 3.05) is 55.0 Å². The number of nitrogens with one attached hydrogen (secondary N) is 1. The molecule has 1 N–H and O–H groups in total. The predicted octanol–water partition coefficient (Wildman–Crippen LogP) is 1.67. The van der Waals surface area contributed by atoms with Crippen LogP contribution in [0.25, 0.3) is 0 Å². The highest BCUT2D eigenvalue weighted by molar-refractivity contribution is 5.75. The lowest BCUT2D eigenvalue weighted by Crippen LogP contribution is -2.51. The highest BCUT2D eigenvalue weighted by Gasteiger charge is 2.28. The predicted molar refractivity (Wildman–Crippen MR) is 115 cm³/mol. The number of pyridine rings is 1. The van der Waals surface area contributed by atoms with Crippen molar-refractivity contribution in [1.29, 1.82) is 0 Å². The van der Waals surface area contributed by atoms with Crippen molar-refractivity contribution in [1.82, 2.24) is 4.98 Å². The van der Waals surface area contributed by atoms with E-state index in [1.165, 1.54) is 0 Å². The van der Waals surface area contributed by atoms with E-state index in [1.54, 1.807) is 13.3 Å². The molecule has 0 amide bonds. The van der Waals surface area contributed by atoms with E-state index in [-0.39, 0.29) is 5.43 Å². The Kier molecular flexibility index (Phi) is 5.46. The minimum atomic E-state index is -0.415. The molecule has 0 spiro atoms. The van der Waals surface area contributed by atoms with E-state index in [4.69, 9.17) is 4.74 Å². The van der Waals surface area contributed by atoms with Crippen LogP contribution >= 0.6 is 0 Å². The molecule has 4 rings (SSSR count). The second-order valence-electron chi connectivity index (χ2n) is 7.07. The number of ether oxygens (including phenoxy) is 1. The Morgan fingerprint density at radius 3 is 2.34 bits per heavy atom. The van der Waals surface area contributed by atoms with Crippen LogP contribution in [0.15, 0.2) is 58.3 Å². The van der Waals surface area contributed by atoms with Gasteiger partial charge < -0.3 is 19.9 Å². The van der Waals surface area contributed by atoms with Crippen molar-refractivity contribution in [3.63, 3.8) is 0 Å². The van der Waals surface area contributed by atoms with Gasteiger partial charge in [-0.3, -0.25) is 9.59 Å². The quantitative estimate of drug-likeness (QED) is 0.613. The van der Waals surface area contributed by atoms with E-state index in [2.05, 4.69) is 15.2 Å². The summed E-state index contributed by atoms with van der Waals surface area (Å²) in [4.78, 5) is 32.9. The number of nitrogens with zero attached hydrogens (tertiary/aromatic N) is 3. The number of hydrogen-bond acceptors (Lipinski definition) is 7. The molecule has 29 heavy (non-hydrogen) atoms. The summed E-state index contributed by atoms with van der Waals surface area (Å²) in [6.07, 6.45) is 2.54. The largest absolute Gasteiger partial charge is 0.497 e. The van der Waals surface area contributed by atoms with Crippen molar-refractivity contribution >= 4 is 17.2 Å². The van der Waals surface area contributed by atoms with Crippen LogP contribution in [-0.4, -0.2) is 44.8 Å². The number of rotatable bonds is 7. The van der Waals surface area contributed by atoms with Crippen molar-refractivity contribution in [2.45, 2.75) is 6.42 Å². The Balaban J connectivity index is 1.35. The van der Waals surface area contributed by atoms with Gasteiger partial charge in [0, 0.05) is 38.9 Å². The molecule has 2 aromatic carbocycles. The zero-order valence-electron chi connectivity index (χ0n) is 16.4. The molecular weight excluding hydrogens is 368 g/mol. The molecule has 1 fully saturated rings. The Hall–Kier alpha value is -3.35. The first-order valence-corrected chi connectivity index (χ1v) is 9.78. The molecule has 2 heterocycles. The second kappa shape index (κ2) is 8.34. The molecule has 7 heteroatoms. The summed E-state index contributed by atoms with van der Waals surface area (Å²) in [5, 5.41) is 3.18. The lowest BCUT2D eigenvalue weighted by molar-refractivity contribution is 0.414. The SMILES string of the molecule is COc1ccc(CCNc2c(N3CCN(c4ccccn4)CC3)c(=O)c2=O)cc1. The standard InChI is InChI=1S/C22H24N4O3/c1-29-17-7-5-16(6-8-17)9-11-24-19-20(22(28)21(19)27)26-14-12-25(13-15-26)18-4-2-3-10-23-18/h2-8,10,24H,9,11-15H2,1H3. The van der Waals surface area contributed by atoms with Gasteiger partial charge in [-0.1, -0.05) is 18.2 Å². The number of hydrogen-bond donors (Lipinski definition) is 1. The molecule has 0 unspecified atom stereocenters. The van der Waals surface area contributed by atoms with Crippen LogP contribution in [0.1, 0.15) is 5.56 Å². The Bertz CT molecular complexity index is 1020. The summed E-state index contributed by atoms with van der Waals surface area (Å²) in [6.45, 7) is 3.50. The van der Waals surface area contributed by atoms with Crippen LogP contribution < -0.4 is 30.7 Å². The van der Waals surface area contributed by atoms with Gasteiger partial charge in [0.25, 0.3) is 10.9 Å². The monoisotopic (exact) mass is 392 g/mol. The zero-order chi connectivity index (χ0) is 20.2. The first kappa shape index (κ1) is 19.0. The lowest BCUT2D eigenvalue weighted by atomic mass is 10.1. The van der Waals surface area contributed by atoms with Gasteiger partial charge in [-0.15, -0.1) is 0 Å². The third-order valence-corrected chi connectivity index (χ3v) is 5.33. The van der Waals surface area contributed by atoms with E-state index in [0.29, 0.717) is 31.0 Å². The topological polar surface area (TPSA) is 74.8 Å². The third-order valence-electron chi connectivity index (χ3n) is 5.33. The lowest BCUT2D eigenvalue weighted by Gasteiger charge is -2.37. The minimum absolute atomic E-state index is 0.386. The average molecular weight is 392 g/mol. The molecule has 0 saturated carbocycles. The summed E-state index contributed by atoms with van der Waals surface area (Å²) in [5.74, 6) is 1.76. The van der Waals surface area contributed by atoms with Crippen molar-refractivity contribution in [3.8, 4) is 5.75 Å². The molecular formula is C22H24N4O3. The smallest absolute Gasteiger partial charge is 0.253 e. The maximum atomic E-state index is 12.2. The highest BCUT2D eigenvalue weighted by Crippen LogP contribution is 2.23. The summed E-state index contributed by atoms with van der Waals surface area (Å²) in [5.41, 5.74) is 1.33. The van der Waals surface area contributed by atoms with Crippen LogP contribution in [0.4, 0.5) is 17.2 Å². The van der Waals surface area contributed by atoms with Gasteiger partial charge in [0.05, 0.1) is 7.11 Å². The van der Waals surface area contributed by atoms with Gasteiger partial charge in [0.1, 0.15) is 22.9 Å². The summed E-state index contributed by atoms with van der Waals surface area (Å²) >= 11 is 0. The van der Waals surface area contributed by atoms with Crippen LogP contribution in [0.3, 0.4) is 0 Å². The molecule has 7 nitrogen and oxygen atoms in total. The fourth-order valence-corrected chi connectivity index (χ4v) is 3.67. The number of piperazine rings is 1. The highest BCUT2D eigenvalue weighted by atomic mass is 16.5. The number of methoxy groups -OCH3 is 1. The van der Waals surface area contributed by atoms with E-state index >= 15 is 0 Å². The molecule has 150 valence electrons. The molecule has 1 aliphatic heterocycles. The Labute approximate surface area is 169 Å². The van der Waals surface area contributed by atoms with Gasteiger partial charge in [-0.25, -0.2) is 4.98 Å². The van der Waals surface area contributed by atoms with E-state index in [1.807, 2.05) is 47.4 Å². The van der Waals surface area contributed by atoms with Crippen LogP contribution in [0.5, 0.6) is 5.75 Å². The summed E-state index contributed by atoms with van der Waals surface area (Å²) < 4.78 is 5.16. The molecule has 1 saturated heterocycles. The summed E-state index contributed by atoms with van der Waals surface area (Å²) in [6, 6.07) is 13.7. The van der Waals surface area contributed by atoms with Crippen molar-refractivity contribution in [3.05, 3.63) is 74.7 Å². The Morgan fingerprint density at radius 2 is 1.69 bits per heavy atom. The minimum Gasteiger partial charge on any atom is -0.497 e. The van der Waals surface area contributed by atoms with E-state index in [9.17, 15) is 9.59 Å². The summed E-state index contributed by atoms with van der Waals surface area (Å²) in [7, 11) is 1.64. The maximum Gasteiger partial charge on any atom is 0.253 e. The second-order valence-corrected chi connectivity index (χ2v) is 7.07. The number of benzene rings is 1. The third kappa shape index (κ3) is 3.94. The molecule has 1 aliphatic rings. The van der Waals surface area contributed by atoms with Gasteiger partial charge in [-0.05, 0) is 36.2 Å². The first-order valence-electron chi connectivity index (χ1n) is 9.78. The van der Waals surface area contributed by atoms with Gasteiger partial charge in [-0.2, -0.15) is 0 Å². The molecule has 1 aromatic heterocycles. The van der Waals surface area contributed by atoms with Gasteiger partial charge in [0.15, 0.2) is 0 Å². The number of anilines is 3.